The number of nitrogens with zero attached hydrogens (tertiary/aromatic N) is 3. The maximum absolute atomic E-state index is 13.5. The van der Waals surface area contributed by atoms with Gasteiger partial charge >= 0.3 is 0 Å². The topological polar surface area (TPSA) is 124 Å². The number of hydrogen-bond acceptors (Lipinski definition) is 7. The maximum atomic E-state index is 13.5. The van der Waals surface area contributed by atoms with Gasteiger partial charge in [-0.2, -0.15) is 4.98 Å². The number of fused-ring (bicyclic) bond motifs is 1. The zero-order chi connectivity index (χ0) is 24.5. The van der Waals surface area contributed by atoms with Crippen molar-refractivity contribution in [2.75, 3.05) is 5.73 Å². The van der Waals surface area contributed by atoms with Crippen LogP contribution in [0.5, 0.6) is 0 Å². The van der Waals surface area contributed by atoms with Crippen molar-refractivity contribution in [2.24, 2.45) is 0 Å². The fourth-order valence-electron chi connectivity index (χ4n) is 4.27. The molecule has 0 bridgehead atoms. The molecule has 0 saturated carbocycles. The Balaban J connectivity index is 1.80. The lowest BCUT2D eigenvalue weighted by Gasteiger charge is -2.44. The van der Waals surface area contributed by atoms with Crippen molar-refractivity contribution in [1.82, 2.24) is 19.9 Å². The van der Waals surface area contributed by atoms with Crippen LogP contribution in [0.15, 0.2) is 71.7 Å². The maximum Gasteiger partial charge on any atom is 0.280 e. The average Bonchev–Trinajstić information content (AvgIpc) is 2.82. The number of hydrogen-bond donors (Lipinski definition) is 2. The number of benzene rings is 2. The van der Waals surface area contributed by atoms with E-state index in [2.05, 4.69) is 65.0 Å². The Morgan fingerprint density at radius 2 is 1.56 bits per heavy atom. The number of nitrogens with two attached hydrogens (primary N) is 1. The summed E-state index contributed by atoms with van der Waals surface area (Å²) in [5.41, 5.74) is 5.10. The lowest BCUT2D eigenvalue weighted by molar-refractivity contribution is 0.0798. The van der Waals surface area contributed by atoms with Crippen molar-refractivity contribution in [1.29, 1.82) is 0 Å². The molecule has 0 aliphatic carbocycles. The van der Waals surface area contributed by atoms with E-state index < -0.39 is 20.0 Å². The van der Waals surface area contributed by atoms with Crippen molar-refractivity contribution < 1.29 is 9.22 Å². The molecule has 0 unspecified atom stereocenters. The molecule has 2 aromatic carbocycles. The van der Waals surface area contributed by atoms with Crippen LogP contribution in [0.2, 0.25) is 5.04 Å². The molecule has 8 nitrogen and oxygen atoms in total. The molecule has 0 aliphatic rings. The minimum atomic E-state index is -2.95. The summed E-state index contributed by atoms with van der Waals surface area (Å²) in [4.78, 5) is 40.4. The summed E-state index contributed by atoms with van der Waals surface area (Å²) in [6.07, 6.45) is 0.473. The number of anilines is 1. The van der Waals surface area contributed by atoms with Crippen LogP contribution in [0.25, 0.3) is 11.2 Å². The van der Waals surface area contributed by atoms with Crippen LogP contribution in [0.4, 0.5) is 5.95 Å². The zero-order valence-electron chi connectivity index (χ0n) is 19.6. The summed E-state index contributed by atoms with van der Waals surface area (Å²) in [7, 11) is -2.95. The monoisotopic (exact) mass is 473 g/mol. The Labute approximate surface area is 198 Å². The number of aromatic nitrogens is 4. The number of nitrogens with one attached hydrogen (secondary N) is 1. The van der Waals surface area contributed by atoms with Gasteiger partial charge in [0.25, 0.3) is 13.9 Å². The normalized spacial score (nSPS) is 13.1. The van der Waals surface area contributed by atoms with E-state index >= 15 is 0 Å². The molecular formula is C25H27N5O3Si. The van der Waals surface area contributed by atoms with Gasteiger partial charge in [-0.15, -0.1) is 0 Å². The summed E-state index contributed by atoms with van der Waals surface area (Å²) in [5.74, 6) is -0.423. The molecule has 9 heteroatoms. The standard InChI is InChI=1S/C25H27N5O3Si/c1-16(21(31)19-15-27-22-20(28-19)23(32)30-24(26)29-22)33-34(25(2,3)4,17-11-7-5-8-12-17)18-13-9-6-10-14-18/h5-16H,1-4H3,(H3,26,27,29,30,32)/t16-/m0/s1. The van der Waals surface area contributed by atoms with E-state index in [1.54, 1.807) is 6.92 Å². The van der Waals surface area contributed by atoms with Crippen molar-refractivity contribution in [3.8, 4) is 0 Å². The van der Waals surface area contributed by atoms with E-state index in [-0.39, 0.29) is 33.6 Å². The Morgan fingerprint density at radius 1 is 1.00 bits per heavy atom. The summed E-state index contributed by atoms with van der Waals surface area (Å²) in [6.45, 7) is 8.14. The summed E-state index contributed by atoms with van der Waals surface area (Å²) < 4.78 is 6.85. The molecule has 0 saturated heterocycles. The highest BCUT2D eigenvalue weighted by Gasteiger charge is 2.51. The highest BCUT2D eigenvalue weighted by atomic mass is 28.4. The van der Waals surface area contributed by atoms with Crippen LogP contribution < -0.4 is 21.7 Å². The van der Waals surface area contributed by atoms with E-state index in [0.717, 1.165) is 10.4 Å². The van der Waals surface area contributed by atoms with Gasteiger partial charge in [0.2, 0.25) is 11.7 Å². The number of carbonyl (C=O) groups is 1. The molecule has 3 N–H and O–H groups in total. The molecule has 4 rings (SSSR count). The smallest absolute Gasteiger partial charge is 0.280 e. The first-order valence-electron chi connectivity index (χ1n) is 11.0. The molecule has 0 spiro atoms. The molecular weight excluding hydrogens is 446 g/mol. The highest BCUT2D eigenvalue weighted by Crippen LogP contribution is 2.37. The molecule has 0 fully saturated rings. The van der Waals surface area contributed by atoms with Crippen molar-refractivity contribution in [2.45, 2.75) is 38.8 Å². The zero-order valence-corrected chi connectivity index (χ0v) is 20.6. The SMILES string of the molecule is C[C@H](O[Si](c1ccccc1)(c1ccccc1)C(C)(C)C)C(=O)c1cnc2nc(N)[nH]c(=O)c2n1. The first kappa shape index (κ1) is 23.5. The van der Waals surface area contributed by atoms with Gasteiger partial charge in [-0.05, 0) is 22.3 Å². The van der Waals surface area contributed by atoms with Crippen LogP contribution >= 0.6 is 0 Å². The van der Waals surface area contributed by atoms with Crippen molar-refractivity contribution in [3.05, 3.63) is 82.9 Å². The first-order chi connectivity index (χ1) is 16.1. The molecule has 174 valence electrons. The van der Waals surface area contributed by atoms with Crippen LogP contribution in [-0.4, -0.2) is 40.1 Å². The number of nitrogen functional groups attached to an aromatic ring is 1. The molecule has 4 aromatic rings. The van der Waals surface area contributed by atoms with Gasteiger partial charge in [0.15, 0.2) is 11.2 Å². The second-order valence-corrected chi connectivity index (χ2v) is 13.4. The first-order valence-corrected chi connectivity index (χ1v) is 12.9. The molecule has 34 heavy (non-hydrogen) atoms. The van der Waals surface area contributed by atoms with Gasteiger partial charge in [-0.3, -0.25) is 14.6 Å². The number of carbonyl (C=O) groups excluding carboxylic acids is 1. The van der Waals surface area contributed by atoms with Crippen LogP contribution in [0.3, 0.4) is 0 Å². The van der Waals surface area contributed by atoms with Crippen molar-refractivity contribution in [3.63, 3.8) is 0 Å². The molecule has 0 aliphatic heterocycles. The van der Waals surface area contributed by atoms with Crippen LogP contribution in [0, 0.1) is 0 Å². The average molecular weight is 474 g/mol. The van der Waals surface area contributed by atoms with Gasteiger partial charge in [-0.1, -0.05) is 81.4 Å². The van der Waals surface area contributed by atoms with Gasteiger partial charge < -0.3 is 10.2 Å². The number of aromatic amines is 1. The molecule has 2 heterocycles. The lowest BCUT2D eigenvalue weighted by atomic mass is 10.2. The highest BCUT2D eigenvalue weighted by molar-refractivity contribution is 6.99. The fraction of sp³-hybridized carbons (Fsp3) is 0.240. The second-order valence-electron chi connectivity index (χ2n) is 9.17. The lowest BCUT2D eigenvalue weighted by Crippen LogP contribution is -2.68. The number of rotatable bonds is 6. The fourth-order valence-corrected chi connectivity index (χ4v) is 8.92. The largest absolute Gasteiger partial charge is 0.397 e. The summed E-state index contributed by atoms with van der Waals surface area (Å²) >= 11 is 0. The number of Topliss-reactive ketones (excluding diaryl/α,β-unsaturated/α-hetero) is 1. The van der Waals surface area contributed by atoms with Gasteiger partial charge in [0, 0.05) is 0 Å². The number of H-pyrrole nitrogens is 1. The van der Waals surface area contributed by atoms with Crippen LogP contribution in [-0.2, 0) is 4.43 Å². The molecule has 2 aromatic heterocycles. The van der Waals surface area contributed by atoms with Crippen molar-refractivity contribution >= 4 is 41.6 Å². The Morgan fingerprint density at radius 3 is 2.09 bits per heavy atom. The number of ketones is 1. The van der Waals surface area contributed by atoms with E-state index in [4.69, 9.17) is 10.2 Å². The minimum Gasteiger partial charge on any atom is -0.397 e. The quantitative estimate of drug-likeness (QED) is 0.326. The molecule has 0 radical (unpaired) electrons. The van der Waals surface area contributed by atoms with Gasteiger partial charge in [0.1, 0.15) is 11.8 Å². The Hall–Kier alpha value is -3.69. The summed E-state index contributed by atoms with van der Waals surface area (Å²) in [5, 5.41) is 1.83. The van der Waals surface area contributed by atoms with Gasteiger partial charge in [-0.25, -0.2) is 9.97 Å². The minimum absolute atomic E-state index is 0.0370. The molecule has 1 atom stereocenters. The third-order valence-electron chi connectivity index (χ3n) is 5.83. The third kappa shape index (κ3) is 4.15. The predicted octanol–water partition coefficient (Wildman–Crippen LogP) is 2.44. The Bertz CT molecular complexity index is 1350. The third-order valence-corrected chi connectivity index (χ3v) is 10.9. The summed E-state index contributed by atoms with van der Waals surface area (Å²) in [6, 6.07) is 20.1. The Kier molecular flexibility index (Phi) is 6.16. The second kappa shape index (κ2) is 8.92. The van der Waals surface area contributed by atoms with E-state index in [1.165, 1.54) is 6.20 Å². The molecule has 0 amide bonds. The van der Waals surface area contributed by atoms with E-state index in [1.807, 2.05) is 36.4 Å². The van der Waals surface area contributed by atoms with E-state index in [9.17, 15) is 9.59 Å². The van der Waals surface area contributed by atoms with E-state index in [0.29, 0.717) is 0 Å². The van der Waals surface area contributed by atoms with Crippen LogP contribution in [0.1, 0.15) is 38.2 Å². The predicted molar refractivity (Wildman–Crippen MR) is 135 cm³/mol. The van der Waals surface area contributed by atoms with Gasteiger partial charge in [0.05, 0.1) is 6.20 Å².